The van der Waals surface area contributed by atoms with E-state index < -0.39 is 24.0 Å². The number of nitrogens with one attached hydrogen (secondary N) is 1. The Bertz CT molecular complexity index is 1820. The van der Waals surface area contributed by atoms with Crippen LogP contribution in [0.2, 0.25) is 0 Å². The molecule has 2 heterocycles. The topological polar surface area (TPSA) is 65.1 Å². The van der Waals surface area contributed by atoms with E-state index in [0.717, 1.165) is 76.6 Å². The number of ether oxygens (including phenoxy) is 1. The Morgan fingerprint density at radius 1 is 0.857 bits per heavy atom. The third-order valence-electron chi connectivity index (χ3n) is 10.1. The van der Waals surface area contributed by atoms with Gasteiger partial charge in [0.1, 0.15) is 17.7 Å². The molecule has 1 fully saturated rings. The number of benzene rings is 4. The van der Waals surface area contributed by atoms with Crippen molar-refractivity contribution in [3.05, 3.63) is 119 Å². The van der Waals surface area contributed by atoms with Gasteiger partial charge in [0.2, 0.25) is 5.91 Å². The summed E-state index contributed by atoms with van der Waals surface area (Å²) >= 11 is 0. The van der Waals surface area contributed by atoms with Gasteiger partial charge in [-0.1, -0.05) is 66.7 Å². The molecule has 0 aromatic heterocycles. The molecule has 10 heteroatoms. The van der Waals surface area contributed by atoms with E-state index in [2.05, 4.69) is 27.2 Å². The molecule has 4 aromatic carbocycles. The van der Waals surface area contributed by atoms with E-state index >= 15 is 0 Å². The number of halogens is 3. The molecule has 4 aromatic rings. The number of piperazine rings is 1. The second-order valence-electron chi connectivity index (χ2n) is 13.1. The molecule has 3 aliphatic rings. The molecule has 7 rings (SSSR count). The van der Waals surface area contributed by atoms with Gasteiger partial charge in [-0.25, -0.2) is 0 Å². The van der Waals surface area contributed by atoms with Gasteiger partial charge < -0.3 is 19.9 Å². The van der Waals surface area contributed by atoms with E-state index in [1.807, 2.05) is 83.8 Å². The first kappa shape index (κ1) is 32.7. The lowest BCUT2D eigenvalue weighted by molar-refractivity contribution is -0.141. The molecule has 49 heavy (non-hydrogen) atoms. The zero-order valence-electron chi connectivity index (χ0n) is 27.4. The van der Waals surface area contributed by atoms with E-state index in [4.69, 9.17) is 4.74 Å². The third-order valence-corrected chi connectivity index (χ3v) is 10.1. The highest BCUT2D eigenvalue weighted by atomic mass is 19.4. The quantitative estimate of drug-likeness (QED) is 0.212. The SMILES string of the molecule is COc1cccc(CN2Cc3ccc(N4CCN(CCCC5(C(=O)NCC(F)(F)F)c6ccccc6-c6ccccc65)CC4)cc3C2=O)c1. The van der Waals surface area contributed by atoms with Crippen molar-refractivity contribution in [1.29, 1.82) is 0 Å². The Morgan fingerprint density at radius 2 is 1.55 bits per heavy atom. The number of methoxy groups -OCH3 is 1. The first-order valence-corrected chi connectivity index (χ1v) is 16.7. The maximum atomic E-state index is 13.8. The summed E-state index contributed by atoms with van der Waals surface area (Å²) < 4.78 is 45.0. The maximum absolute atomic E-state index is 13.8. The second kappa shape index (κ2) is 13.2. The Balaban J connectivity index is 0.995. The molecular weight excluding hydrogens is 629 g/mol. The maximum Gasteiger partial charge on any atom is 0.405 e. The van der Waals surface area contributed by atoms with Crippen LogP contribution in [-0.2, 0) is 23.3 Å². The first-order chi connectivity index (χ1) is 23.7. The molecule has 1 N–H and O–H groups in total. The highest BCUT2D eigenvalue weighted by molar-refractivity contribution is 6.01. The van der Waals surface area contributed by atoms with Crippen molar-refractivity contribution in [1.82, 2.24) is 15.1 Å². The molecule has 7 nitrogen and oxygen atoms in total. The summed E-state index contributed by atoms with van der Waals surface area (Å²) in [6, 6.07) is 29.1. The van der Waals surface area contributed by atoms with Crippen LogP contribution in [0, 0.1) is 0 Å². The Labute approximate surface area is 284 Å². The minimum Gasteiger partial charge on any atom is -0.497 e. The number of nitrogens with zero attached hydrogens (tertiary/aromatic N) is 3. The van der Waals surface area contributed by atoms with E-state index in [1.165, 1.54) is 0 Å². The Kier molecular flexibility index (Phi) is 8.83. The molecular formula is C39H39F3N4O3. The molecule has 1 saturated heterocycles. The molecule has 254 valence electrons. The summed E-state index contributed by atoms with van der Waals surface area (Å²) in [5, 5.41) is 2.22. The van der Waals surface area contributed by atoms with Gasteiger partial charge in [-0.2, -0.15) is 13.2 Å². The number of carbonyl (C=O) groups excluding carboxylic acids is 2. The lowest BCUT2D eigenvalue weighted by atomic mass is 9.73. The third kappa shape index (κ3) is 6.37. The van der Waals surface area contributed by atoms with Crippen LogP contribution in [0.3, 0.4) is 0 Å². The van der Waals surface area contributed by atoms with Crippen molar-refractivity contribution in [2.45, 2.75) is 37.5 Å². The number of alkyl halides is 3. The monoisotopic (exact) mass is 668 g/mol. The average Bonchev–Trinajstić information content (AvgIpc) is 3.58. The van der Waals surface area contributed by atoms with Crippen molar-refractivity contribution in [2.75, 3.05) is 51.3 Å². The largest absolute Gasteiger partial charge is 0.497 e. The molecule has 1 aliphatic carbocycles. The molecule has 0 saturated carbocycles. The van der Waals surface area contributed by atoms with Crippen molar-refractivity contribution in [3.8, 4) is 16.9 Å². The van der Waals surface area contributed by atoms with Crippen LogP contribution in [0.4, 0.5) is 18.9 Å². The minimum absolute atomic E-state index is 0.0292. The fraction of sp³-hybridized carbons (Fsp3) is 0.333. The van der Waals surface area contributed by atoms with Gasteiger partial charge in [-0.05, 0) is 77.0 Å². The Morgan fingerprint density at radius 3 is 2.22 bits per heavy atom. The number of amides is 2. The van der Waals surface area contributed by atoms with Crippen molar-refractivity contribution < 1.29 is 27.5 Å². The van der Waals surface area contributed by atoms with Crippen molar-refractivity contribution in [3.63, 3.8) is 0 Å². The van der Waals surface area contributed by atoms with E-state index in [-0.39, 0.29) is 5.91 Å². The van der Waals surface area contributed by atoms with Crippen molar-refractivity contribution in [2.24, 2.45) is 0 Å². The lowest BCUT2D eigenvalue weighted by Gasteiger charge is -2.37. The fourth-order valence-corrected chi connectivity index (χ4v) is 7.75. The minimum atomic E-state index is -4.50. The summed E-state index contributed by atoms with van der Waals surface area (Å²) in [7, 11) is 1.63. The molecule has 0 spiro atoms. The predicted octanol–water partition coefficient (Wildman–Crippen LogP) is 6.40. The number of fused-ring (bicyclic) bond motifs is 4. The van der Waals surface area contributed by atoms with E-state index in [9.17, 15) is 22.8 Å². The number of hydrogen-bond donors (Lipinski definition) is 1. The van der Waals surface area contributed by atoms with Gasteiger partial charge in [0.15, 0.2) is 0 Å². The van der Waals surface area contributed by atoms with Gasteiger partial charge in [0.05, 0.1) is 7.11 Å². The number of hydrogen-bond acceptors (Lipinski definition) is 5. The van der Waals surface area contributed by atoms with Crippen LogP contribution < -0.4 is 15.0 Å². The van der Waals surface area contributed by atoms with Gasteiger partial charge >= 0.3 is 6.18 Å². The first-order valence-electron chi connectivity index (χ1n) is 16.7. The number of rotatable bonds is 10. The highest BCUT2D eigenvalue weighted by Gasteiger charge is 2.49. The van der Waals surface area contributed by atoms with E-state index in [1.54, 1.807) is 7.11 Å². The molecule has 0 atom stereocenters. The summed E-state index contributed by atoms with van der Waals surface area (Å²) in [5.74, 6) is 0.185. The van der Waals surface area contributed by atoms with Crippen molar-refractivity contribution >= 4 is 17.5 Å². The lowest BCUT2D eigenvalue weighted by Crippen LogP contribution is -2.48. The number of anilines is 1. The molecule has 2 amide bonds. The van der Waals surface area contributed by atoms with E-state index in [0.29, 0.717) is 32.5 Å². The summed E-state index contributed by atoms with van der Waals surface area (Å²) in [6.07, 6.45) is -3.47. The Hall–Kier alpha value is -4.83. The van der Waals surface area contributed by atoms with Crippen LogP contribution in [0.15, 0.2) is 91.0 Å². The smallest absolute Gasteiger partial charge is 0.405 e. The van der Waals surface area contributed by atoms with Crippen LogP contribution in [0.25, 0.3) is 11.1 Å². The summed E-state index contributed by atoms with van der Waals surface area (Å²) in [4.78, 5) is 33.7. The molecule has 0 unspecified atom stereocenters. The zero-order chi connectivity index (χ0) is 34.2. The van der Waals surface area contributed by atoms with Gasteiger partial charge in [-0.3, -0.25) is 14.5 Å². The second-order valence-corrected chi connectivity index (χ2v) is 13.1. The van der Waals surface area contributed by atoms with Crippen LogP contribution in [0.1, 0.15) is 45.5 Å². The average molecular weight is 669 g/mol. The molecule has 0 bridgehead atoms. The zero-order valence-corrected chi connectivity index (χ0v) is 27.4. The van der Waals surface area contributed by atoms with Crippen LogP contribution in [0.5, 0.6) is 5.75 Å². The highest BCUT2D eigenvalue weighted by Crippen LogP contribution is 2.51. The van der Waals surface area contributed by atoms with Gasteiger partial charge in [0.25, 0.3) is 5.91 Å². The standard InChI is InChI=1S/C39H39F3N4O3/c1-49-30-9-6-8-27(22-30)24-46-25-28-14-15-29(23-33(28)36(46)47)45-20-18-44(19-21-45)17-7-16-38(37(48)43-26-39(40,41)42)34-12-4-2-10-31(34)32-11-3-5-13-35(32)38/h2-6,8-15,22-23H,7,16-21,24-26H2,1H3,(H,43,48). The molecule has 0 radical (unpaired) electrons. The van der Waals surface area contributed by atoms with Crippen LogP contribution >= 0.6 is 0 Å². The molecule has 2 aliphatic heterocycles. The number of carbonyl (C=O) groups is 2. The summed E-state index contributed by atoms with van der Waals surface area (Å²) in [5.41, 5.74) is 5.92. The van der Waals surface area contributed by atoms with Gasteiger partial charge in [-0.15, -0.1) is 0 Å². The predicted molar refractivity (Wildman–Crippen MR) is 183 cm³/mol. The summed E-state index contributed by atoms with van der Waals surface area (Å²) in [6.45, 7) is 3.60. The fourth-order valence-electron chi connectivity index (χ4n) is 7.75. The van der Waals surface area contributed by atoms with Gasteiger partial charge in [0, 0.05) is 50.5 Å². The normalized spacial score (nSPS) is 16.7. The van der Waals surface area contributed by atoms with Crippen LogP contribution in [-0.4, -0.2) is 74.2 Å².